The summed E-state index contributed by atoms with van der Waals surface area (Å²) in [6.07, 6.45) is 0.0702. The van der Waals surface area contributed by atoms with E-state index in [1.54, 1.807) is 12.1 Å². The minimum absolute atomic E-state index is 0.0702. The first kappa shape index (κ1) is 12.3. The number of hydrogen-bond donors (Lipinski definition) is 1. The Labute approximate surface area is 98.8 Å². The van der Waals surface area contributed by atoms with E-state index in [1.807, 2.05) is 13.8 Å². The third kappa shape index (κ3) is 2.86. The van der Waals surface area contributed by atoms with Crippen molar-refractivity contribution in [2.75, 3.05) is 0 Å². The molecule has 0 aromatic heterocycles. The minimum Gasteiger partial charge on any atom is -0.481 e. The summed E-state index contributed by atoms with van der Waals surface area (Å²) in [6.45, 7) is 3.66. The summed E-state index contributed by atoms with van der Waals surface area (Å²) in [5.41, 5.74) is 1.63. The minimum atomic E-state index is -0.828. The number of rotatable bonds is 3. The van der Waals surface area contributed by atoms with Crippen molar-refractivity contribution in [3.8, 4) is 0 Å². The molecule has 4 heteroatoms. The van der Waals surface area contributed by atoms with E-state index < -0.39 is 5.97 Å². The summed E-state index contributed by atoms with van der Waals surface area (Å²) in [4.78, 5) is 10.6. The highest BCUT2D eigenvalue weighted by Gasteiger charge is 2.15. The maximum atomic E-state index is 10.6. The lowest BCUT2D eigenvalue weighted by Gasteiger charge is -2.13. The molecule has 0 bridgehead atoms. The monoisotopic (exact) mass is 246 g/mol. The highest BCUT2D eigenvalue weighted by Crippen LogP contribution is 2.33. The first-order valence-corrected chi connectivity index (χ1v) is 5.35. The molecular formula is C11H12Cl2O2. The number of halogens is 2. The Kier molecular flexibility index (Phi) is 4.00. The lowest BCUT2D eigenvalue weighted by Crippen LogP contribution is -2.04. The maximum Gasteiger partial charge on any atom is 0.303 e. The van der Waals surface area contributed by atoms with Gasteiger partial charge >= 0.3 is 5.97 Å². The van der Waals surface area contributed by atoms with E-state index in [9.17, 15) is 4.79 Å². The molecule has 82 valence electrons. The van der Waals surface area contributed by atoms with E-state index in [-0.39, 0.29) is 12.3 Å². The Morgan fingerprint density at radius 2 is 2.07 bits per heavy atom. The SMILES string of the molecule is Cc1c(Cl)ccc(C(C)CC(=O)O)c1Cl. The van der Waals surface area contributed by atoms with Crippen LogP contribution in [0.25, 0.3) is 0 Å². The van der Waals surface area contributed by atoms with Crippen molar-refractivity contribution in [2.45, 2.75) is 26.2 Å². The van der Waals surface area contributed by atoms with Gasteiger partial charge in [0.2, 0.25) is 0 Å². The Morgan fingerprint density at radius 3 is 2.60 bits per heavy atom. The zero-order valence-electron chi connectivity index (χ0n) is 8.55. The van der Waals surface area contributed by atoms with Gasteiger partial charge in [-0.05, 0) is 30.0 Å². The van der Waals surface area contributed by atoms with Gasteiger partial charge in [-0.2, -0.15) is 0 Å². The zero-order chi connectivity index (χ0) is 11.6. The van der Waals surface area contributed by atoms with Gasteiger partial charge < -0.3 is 5.11 Å². The number of carboxylic acids is 1. The quantitative estimate of drug-likeness (QED) is 0.879. The van der Waals surface area contributed by atoms with Gasteiger partial charge in [0.1, 0.15) is 0 Å². The summed E-state index contributed by atoms with van der Waals surface area (Å²) in [7, 11) is 0. The fourth-order valence-electron chi connectivity index (χ4n) is 1.43. The molecule has 0 saturated carbocycles. The molecule has 0 fully saturated rings. The van der Waals surface area contributed by atoms with Gasteiger partial charge in [0.05, 0.1) is 6.42 Å². The second-order valence-corrected chi connectivity index (χ2v) is 4.36. The Bertz CT molecular complexity index is 388. The summed E-state index contributed by atoms with van der Waals surface area (Å²) in [5.74, 6) is -0.933. The van der Waals surface area contributed by atoms with Crippen LogP contribution in [-0.2, 0) is 4.79 Å². The van der Waals surface area contributed by atoms with Crippen LogP contribution in [0, 0.1) is 6.92 Å². The van der Waals surface area contributed by atoms with Crippen LogP contribution in [0.5, 0.6) is 0 Å². The average molecular weight is 247 g/mol. The third-order valence-electron chi connectivity index (χ3n) is 2.36. The highest BCUT2D eigenvalue weighted by atomic mass is 35.5. The number of benzene rings is 1. The molecule has 15 heavy (non-hydrogen) atoms. The van der Waals surface area contributed by atoms with Crippen LogP contribution < -0.4 is 0 Å². The van der Waals surface area contributed by atoms with Gasteiger partial charge in [0.25, 0.3) is 0 Å². The molecule has 0 spiro atoms. The van der Waals surface area contributed by atoms with E-state index >= 15 is 0 Å². The lowest BCUT2D eigenvalue weighted by molar-refractivity contribution is -0.137. The first-order valence-electron chi connectivity index (χ1n) is 4.59. The molecule has 1 rings (SSSR count). The average Bonchev–Trinajstić information content (AvgIpc) is 2.13. The van der Waals surface area contributed by atoms with Crippen molar-refractivity contribution in [2.24, 2.45) is 0 Å². The van der Waals surface area contributed by atoms with Crippen LogP contribution in [0.1, 0.15) is 30.4 Å². The predicted octanol–water partition coefficient (Wildman–Crippen LogP) is 3.88. The Balaban J connectivity index is 3.05. The number of hydrogen-bond acceptors (Lipinski definition) is 1. The standard InChI is InChI=1S/C11H12Cl2O2/c1-6(5-10(14)15)8-3-4-9(12)7(2)11(8)13/h3-4,6H,5H2,1-2H3,(H,14,15). The van der Waals surface area contributed by atoms with Crippen LogP contribution in [0.15, 0.2) is 12.1 Å². The Hall–Kier alpha value is -0.730. The van der Waals surface area contributed by atoms with Crippen molar-refractivity contribution in [3.63, 3.8) is 0 Å². The van der Waals surface area contributed by atoms with Crippen LogP contribution in [0.3, 0.4) is 0 Å². The van der Waals surface area contributed by atoms with Crippen molar-refractivity contribution in [1.82, 2.24) is 0 Å². The van der Waals surface area contributed by atoms with Gasteiger partial charge in [-0.15, -0.1) is 0 Å². The third-order valence-corrected chi connectivity index (χ3v) is 3.27. The first-order chi connectivity index (χ1) is 6.93. The summed E-state index contributed by atoms with van der Waals surface area (Å²) in [5, 5.41) is 9.86. The van der Waals surface area contributed by atoms with Crippen molar-refractivity contribution >= 4 is 29.2 Å². The number of aliphatic carboxylic acids is 1. The molecular weight excluding hydrogens is 235 g/mol. The molecule has 1 aromatic rings. The zero-order valence-corrected chi connectivity index (χ0v) is 10.1. The fraction of sp³-hybridized carbons (Fsp3) is 0.364. The van der Waals surface area contributed by atoms with E-state index in [4.69, 9.17) is 28.3 Å². The van der Waals surface area contributed by atoms with E-state index in [2.05, 4.69) is 0 Å². The van der Waals surface area contributed by atoms with Gasteiger partial charge in [-0.3, -0.25) is 4.79 Å². The molecule has 0 aliphatic rings. The molecule has 0 heterocycles. The smallest absolute Gasteiger partial charge is 0.303 e. The topological polar surface area (TPSA) is 37.3 Å². The van der Waals surface area contributed by atoms with E-state index in [0.717, 1.165) is 11.1 Å². The molecule has 1 N–H and O–H groups in total. The van der Waals surface area contributed by atoms with Crippen LogP contribution in [0.4, 0.5) is 0 Å². The van der Waals surface area contributed by atoms with Gasteiger partial charge in [-0.1, -0.05) is 36.2 Å². The van der Waals surface area contributed by atoms with Gasteiger partial charge in [-0.25, -0.2) is 0 Å². The number of carboxylic acid groups (broad SMARTS) is 1. The largest absolute Gasteiger partial charge is 0.481 e. The predicted molar refractivity (Wildman–Crippen MR) is 61.9 cm³/mol. The van der Waals surface area contributed by atoms with Crippen molar-refractivity contribution in [3.05, 3.63) is 33.3 Å². The number of carbonyl (C=O) groups is 1. The molecule has 0 aliphatic carbocycles. The van der Waals surface area contributed by atoms with Gasteiger partial charge in [0, 0.05) is 10.0 Å². The fourth-order valence-corrected chi connectivity index (χ4v) is 1.99. The Morgan fingerprint density at radius 1 is 1.47 bits per heavy atom. The van der Waals surface area contributed by atoms with Crippen LogP contribution in [-0.4, -0.2) is 11.1 Å². The van der Waals surface area contributed by atoms with E-state index in [1.165, 1.54) is 0 Å². The van der Waals surface area contributed by atoms with Crippen molar-refractivity contribution in [1.29, 1.82) is 0 Å². The van der Waals surface area contributed by atoms with E-state index in [0.29, 0.717) is 10.0 Å². The molecule has 1 unspecified atom stereocenters. The summed E-state index contributed by atoms with van der Waals surface area (Å²) >= 11 is 12.0. The molecule has 0 saturated heterocycles. The molecule has 1 atom stereocenters. The van der Waals surface area contributed by atoms with Gasteiger partial charge in [0.15, 0.2) is 0 Å². The molecule has 0 amide bonds. The summed E-state index contributed by atoms with van der Waals surface area (Å²) < 4.78 is 0. The molecule has 0 radical (unpaired) electrons. The second kappa shape index (κ2) is 4.86. The molecule has 0 aliphatic heterocycles. The van der Waals surface area contributed by atoms with Crippen molar-refractivity contribution < 1.29 is 9.90 Å². The molecule has 1 aromatic carbocycles. The summed E-state index contributed by atoms with van der Waals surface area (Å²) in [6, 6.07) is 3.53. The van der Waals surface area contributed by atoms with Crippen LogP contribution >= 0.6 is 23.2 Å². The normalized spacial score (nSPS) is 12.5. The molecule has 2 nitrogen and oxygen atoms in total. The lowest BCUT2D eigenvalue weighted by atomic mass is 9.96. The second-order valence-electron chi connectivity index (χ2n) is 3.57. The highest BCUT2D eigenvalue weighted by molar-refractivity contribution is 6.36. The van der Waals surface area contributed by atoms with Crippen LogP contribution in [0.2, 0.25) is 10.0 Å². The maximum absolute atomic E-state index is 10.6.